The quantitative estimate of drug-likeness (QED) is 0.163. The van der Waals surface area contributed by atoms with Crippen LogP contribution in [0.1, 0.15) is 27.8 Å². The van der Waals surface area contributed by atoms with E-state index in [0.717, 1.165) is 39.5 Å². The Labute approximate surface area is 329 Å². The van der Waals surface area contributed by atoms with Crippen molar-refractivity contribution >= 4 is 43.6 Å². The second-order valence-corrected chi connectivity index (χ2v) is 14.3. The fourth-order valence-corrected chi connectivity index (χ4v) is 8.02. The van der Waals surface area contributed by atoms with E-state index < -0.39 is 35.2 Å². The summed E-state index contributed by atoms with van der Waals surface area (Å²) in [6.45, 7) is 1.95. The fourth-order valence-electron chi connectivity index (χ4n) is 8.02. The van der Waals surface area contributed by atoms with Gasteiger partial charge < -0.3 is 9.13 Å². The highest BCUT2D eigenvalue weighted by molar-refractivity contribution is 6.12. The van der Waals surface area contributed by atoms with Gasteiger partial charge in [0.2, 0.25) is 0 Å². The molecular formula is C47H26F9N3. The standard InChI is InChI=1S/C47H26F9N3/c1-26-10-15-41-36(18-26)33-6-2-4-8-39(33)58(41)42-16-12-28(29-20-31(46(51,52)53)23-32(21-29)47(54,55)56)22-37(42)35-14-11-27(25-57)19-44(35)59-40-9-5-3-7-34(40)38-24-30(45(48,49)50)13-17-43(38)59/h2-24H,1H3. The van der Waals surface area contributed by atoms with E-state index in [2.05, 4.69) is 6.07 Å². The summed E-state index contributed by atoms with van der Waals surface area (Å²) in [5, 5.41) is 12.7. The number of fused-ring (bicyclic) bond motifs is 6. The Morgan fingerprint density at radius 3 is 1.56 bits per heavy atom. The molecule has 2 heterocycles. The lowest BCUT2D eigenvalue weighted by atomic mass is 9.93. The van der Waals surface area contributed by atoms with Gasteiger partial charge in [0.25, 0.3) is 0 Å². The number of hydrogen-bond acceptors (Lipinski definition) is 1. The molecular weight excluding hydrogens is 778 g/mol. The Morgan fingerprint density at radius 2 is 0.966 bits per heavy atom. The highest BCUT2D eigenvalue weighted by atomic mass is 19.4. The average Bonchev–Trinajstić information content (AvgIpc) is 3.71. The molecule has 0 spiro atoms. The number of alkyl halides is 9. The van der Waals surface area contributed by atoms with Crippen molar-refractivity contribution in [3.63, 3.8) is 0 Å². The molecule has 0 atom stereocenters. The summed E-state index contributed by atoms with van der Waals surface area (Å²) in [6.07, 6.45) is -14.8. The molecule has 7 aromatic carbocycles. The van der Waals surface area contributed by atoms with Crippen molar-refractivity contribution in [3.05, 3.63) is 167 Å². The normalized spacial score (nSPS) is 12.6. The number of para-hydroxylation sites is 2. The zero-order valence-corrected chi connectivity index (χ0v) is 30.5. The summed E-state index contributed by atoms with van der Waals surface area (Å²) in [6, 6.07) is 36.5. The number of aromatic nitrogens is 2. The van der Waals surface area contributed by atoms with Gasteiger partial charge in [-0.1, -0.05) is 60.2 Å². The molecule has 0 N–H and O–H groups in total. The van der Waals surface area contributed by atoms with Crippen molar-refractivity contribution < 1.29 is 39.5 Å². The Bertz CT molecular complexity index is 3180. The zero-order valence-electron chi connectivity index (χ0n) is 30.5. The summed E-state index contributed by atoms with van der Waals surface area (Å²) in [5.41, 5.74) is 1.01. The topological polar surface area (TPSA) is 33.6 Å². The van der Waals surface area contributed by atoms with Crippen molar-refractivity contribution in [2.75, 3.05) is 0 Å². The van der Waals surface area contributed by atoms with Crippen molar-refractivity contribution in [2.24, 2.45) is 0 Å². The highest BCUT2D eigenvalue weighted by Crippen LogP contribution is 2.45. The van der Waals surface area contributed by atoms with Crippen molar-refractivity contribution in [1.82, 2.24) is 9.13 Å². The second-order valence-electron chi connectivity index (χ2n) is 14.3. The molecule has 2 aromatic heterocycles. The van der Waals surface area contributed by atoms with Crippen LogP contribution in [0.2, 0.25) is 0 Å². The van der Waals surface area contributed by atoms with Crippen LogP contribution in [-0.2, 0) is 18.5 Å². The van der Waals surface area contributed by atoms with Gasteiger partial charge in [0.1, 0.15) is 0 Å². The molecule has 0 unspecified atom stereocenters. The SMILES string of the molecule is Cc1ccc2c(c1)c1ccccc1n2-c1ccc(-c2cc(C(F)(F)F)cc(C(F)(F)F)c2)cc1-c1ccc(C#N)cc1-n1c2ccccc2c2cc(C(F)(F)F)ccc21. The molecule has 0 fully saturated rings. The van der Waals surface area contributed by atoms with E-state index in [4.69, 9.17) is 0 Å². The summed E-state index contributed by atoms with van der Waals surface area (Å²) in [5.74, 6) is 0. The van der Waals surface area contributed by atoms with Crippen LogP contribution < -0.4 is 0 Å². The number of halogens is 9. The zero-order chi connectivity index (χ0) is 41.6. The third-order valence-electron chi connectivity index (χ3n) is 10.6. The molecule has 292 valence electrons. The number of nitrogens with zero attached hydrogens (tertiary/aromatic N) is 3. The van der Waals surface area contributed by atoms with Crippen LogP contribution in [0.4, 0.5) is 39.5 Å². The molecule has 0 saturated heterocycles. The summed E-state index contributed by atoms with van der Waals surface area (Å²) >= 11 is 0. The molecule has 0 saturated carbocycles. The molecule has 9 aromatic rings. The van der Waals surface area contributed by atoms with Gasteiger partial charge in [-0.2, -0.15) is 44.8 Å². The number of benzene rings is 7. The van der Waals surface area contributed by atoms with Crippen LogP contribution in [0.15, 0.2) is 140 Å². The minimum absolute atomic E-state index is 0.0318. The van der Waals surface area contributed by atoms with Gasteiger partial charge in [0.15, 0.2) is 0 Å². The van der Waals surface area contributed by atoms with Gasteiger partial charge >= 0.3 is 18.5 Å². The molecule has 0 aliphatic carbocycles. The number of aryl methyl sites for hydroxylation is 1. The molecule has 0 radical (unpaired) electrons. The third kappa shape index (κ3) is 6.34. The summed E-state index contributed by atoms with van der Waals surface area (Å²) in [4.78, 5) is 0. The predicted octanol–water partition coefficient (Wildman–Crippen LogP) is 14.5. The predicted molar refractivity (Wildman–Crippen MR) is 210 cm³/mol. The lowest BCUT2D eigenvalue weighted by Crippen LogP contribution is -2.11. The Balaban J connectivity index is 1.41. The van der Waals surface area contributed by atoms with Gasteiger partial charge in [0.05, 0.1) is 61.8 Å². The first kappa shape index (κ1) is 37.6. The van der Waals surface area contributed by atoms with Crippen molar-refractivity contribution in [1.29, 1.82) is 5.26 Å². The van der Waals surface area contributed by atoms with Gasteiger partial charge in [0, 0.05) is 32.7 Å². The van der Waals surface area contributed by atoms with E-state index >= 15 is 0 Å². The van der Waals surface area contributed by atoms with E-state index in [1.807, 2.05) is 54.0 Å². The van der Waals surface area contributed by atoms with Crippen LogP contribution in [-0.4, -0.2) is 9.13 Å². The fraction of sp³-hybridized carbons (Fsp3) is 0.0851. The summed E-state index contributed by atoms with van der Waals surface area (Å²) < 4.78 is 131. The number of nitriles is 1. The van der Waals surface area contributed by atoms with Crippen LogP contribution in [0, 0.1) is 18.3 Å². The largest absolute Gasteiger partial charge is 0.416 e. The molecule has 0 bridgehead atoms. The monoisotopic (exact) mass is 803 g/mol. The van der Waals surface area contributed by atoms with Gasteiger partial charge in [-0.15, -0.1) is 0 Å². The smallest absolute Gasteiger partial charge is 0.309 e. The molecule has 3 nitrogen and oxygen atoms in total. The first-order valence-electron chi connectivity index (χ1n) is 18.1. The minimum Gasteiger partial charge on any atom is -0.309 e. The van der Waals surface area contributed by atoms with E-state index in [-0.39, 0.29) is 28.1 Å². The minimum atomic E-state index is -5.09. The number of rotatable bonds is 4. The second kappa shape index (κ2) is 13.3. The van der Waals surface area contributed by atoms with Gasteiger partial charge in [-0.25, -0.2) is 0 Å². The summed E-state index contributed by atoms with van der Waals surface area (Å²) in [7, 11) is 0. The Kier molecular flexibility index (Phi) is 8.45. The molecule has 12 heteroatoms. The highest BCUT2D eigenvalue weighted by Gasteiger charge is 2.37. The lowest BCUT2D eigenvalue weighted by molar-refractivity contribution is -0.143. The third-order valence-corrected chi connectivity index (χ3v) is 10.6. The molecule has 0 aliphatic heterocycles. The van der Waals surface area contributed by atoms with Crippen LogP contribution in [0.3, 0.4) is 0 Å². The Hall–Kier alpha value is -7.00. The van der Waals surface area contributed by atoms with Crippen molar-refractivity contribution in [2.45, 2.75) is 25.5 Å². The molecule has 0 aliphatic rings. The number of hydrogen-bond donors (Lipinski definition) is 0. The van der Waals surface area contributed by atoms with E-state index in [0.29, 0.717) is 51.1 Å². The van der Waals surface area contributed by atoms with Crippen LogP contribution >= 0.6 is 0 Å². The lowest BCUT2D eigenvalue weighted by Gasteiger charge is -2.21. The maximum absolute atomic E-state index is 14.1. The molecule has 59 heavy (non-hydrogen) atoms. The maximum Gasteiger partial charge on any atom is 0.416 e. The van der Waals surface area contributed by atoms with Crippen molar-refractivity contribution in [3.8, 4) is 39.7 Å². The first-order chi connectivity index (χ1) is 28.0. The average molecular weight is 804 g/mol. The van der Waals surface area contributed by atoms with E-state index in [1.165, 1.54) is 24.3 Å². The van der Waals surface area contributed by atoms with E-state index in [1.54, 1.807) is 47.0 Å². The molecule has 9 rings (SSSR count). The van der Waals surface area contributed by atoms with E-state index in [9.17, 15) is 44.8 Å². The Morgan fingerprint density at radius 1 is 0.424 bits per heavy atom. The van der Waals surface area contributed by atoms with Gasteiger partial charge in [-0.3, -0.25) is 0 Å². The van der Waals surface area contributed by atoms with Gasteiger partial charge in [-0.05, 0) is 103 Å². The van der Waals surface area contributed by atoms with Crippen LogP contribution in [0.5, 0.6) is 0 Å². The molecule has 0 amide bonds. The van der Waals surface area contributed by atoms with Crippen LogP contribution in [0.25, 0.3) is 77.2 Å². The first-order valence-corrected chi connectivity index (χ1v) is 18.1. The maximum atomic E-state index is 14.1.